The Morgan fingerprint density at radius 1 is 1.33 bits per heavy atom. The van der Waals surface area contributed by atoms with Gasteiger partial charge in [0.2, 0.25) is 0 Å². The van der Waals surface area contributed by atoms with Crippen LogP contribution in [0.15, 0.2) is 36.4 Å². The average Bonchev–Trinajstić information content (AvgIpc) is 2.18. The number of hydrogen-bond donors (Lipinski definition) is 0. The zero-order valence-electron chi connectivity index (χ0n) is 8.04. The van der Waals surface area contributed by atoms with E-state index in [1.807, 2.05) is 30.3 Å². The molecule has 1 heterocycles. The van der Waals surface area contributed by atoms with E-state index in [2.05, 4.69) is 11.9 Å². The van der Waals surface area contributed by atoms with Gasteiger partial charge < -0.3 is 0 Å². The molecule has 1 heteroatoms. The third-order valence-corrected chi connectivity index (χ3v) is 1.92. The van der Waals surface area contributed by atoms with Crippen molar-refractivity contribution in [3.05, 3.63) is 42.1 Å². The molecular weight excluding hydrogens is 146 g/mol. The lowest BCUT2D eigenvalue weighted by atomic mass is 10.2. The molecule has 0 unspecified atom stereocenters. The Hall–Kier alpha value is -1.37. The van der Waals surface area contributed by atoms with Gasteiger partial charge in [-0.1, -0.05) is 31.2 Å². The molecule has 2 aromatic rings. The molecule has 2 rings (SSSR count). The second-order valence-corrected chi connectivity index (χ2v) is 2.76. The monoisotopic (exact) mass is 158 g/mol. The van der Waals surface area contributed by atoms with E-state index in [1.165, 1.54) is 0 Å². The minimum absolute atomic E-state index is 0.572. The minimum Gasteiger partial charge on any atom is -0.253 e. The van der Waals surface area contributed by atoms with Gasteiger partial charge in [0.05, 0.1) is 6.89 Å². The number of rotatable bonds is 1. The molecule has 12 heavy (non-hydrogen) atoms. The predicted molar refractivity (Wildman–Crippen MR) is 51.1 cm³/mol. The second-order valence-electron chi connectivity index (χ2n) is 2.76. The molecule has 0 bridgehead atoms. The topological polar surface area (TPSA) is 12.9 Å². The molecule has 0 aliphatic carbocycles. The summed E-state index contributed by atoms with van der Waals surface area (Å²) in [6.07, 6.45) is 0.886. The first-order valence-electron chi connectivity index (χ1n) is 4.66. The Bertz CT molecular complexity index is 437. The van der Waals surface area contributed by atoms with Gasteiger partial charge in [-0.2, -0.15) is 0 Å². The van der Waals surface area contributed by atoms with Crippen molar-refractivity contribution in [1.29, 1.82) is 0 Å². The number of aromatic nitrogens is 1. The molecule has 0 saturated carbocycles. The standard InChI is InChI=1S/C11H11N/c1-2-10-8-7-9-5-3-4-6-11(9)12-10/h3-8H,2H2,1H3/i7D. The fourth-order valence-corrected chi connectivity index (χ4v) is 1.22. The van der Waals surface area contributed by atoms with E-state index in [1.54, 1.807) is 0 Å². The molecule has 0 aliphatic heterocycles. The van der Waals surface area contributed by atoms with Crippen LogP contribution in [-0.4, -0.2) is 4.98 Å². The first kappa shape index (κ1) is 6.18. The van der Waals surface area contributed by atoms with Crippen molar-refractivity contribution in [2.75, 3.05) is 0 Å². The molecule has 0 radical (unpaired) electrons. The van der Waals surface area contributed by atoms with E-state index >= 15 is 0 Å². The maximum absolute atomic E-state index is 7.77. The summed E-state index contributed by atoms with van der Waals surface area (Å²) in [6, 6.07) is 10.2. The smallest absolute Gasteiger partial charge is 0.0705 e. The van der Waals surface area contributed by atoms with Crippen molar-refractivity contribution in [3.63, 3.8) is 0 Å². The van der Waals surface area contributed by atoms with E-state index < -0.39 is 0 Å². The summed E-state index contributed by atoms with van der Waals surface area (Å²) in [6.45, 7) is 2.05. The average molecular weight is 158 g/mol. The Labute approximate surface area is 73.5 Å². The van der Waals surface area contributed by atoms with Crippen LogP contribution in [0.5, 0.6) is 0 Å². The lowest BCUT2D eigenvalue weighted by Gasteiger charge is -1.98. The zero-order valence-corrected chi connectivity index (χ0v) is 7.04. The third-order valence-electron chi connectivity index (χ3n) is 1.92. The van der Waals surface area contributed by atoms with Crippen LogP contribution in [0, 0.1) is 0 Å². The molecule has 0 saturated heterocycles. The van der Waals surface area contributed by atoms with Crippen LogP contribution < -0.4 is 0 Å². The maximum atomic E-state index is 7.77. The van der Waals surface area contributed by atoms with E-state index in [4.69, 9.17) is 1.37 Å². The minimum atomic E-state index is 0.572. The summed E-state index contributed by atoms with van der Waals surface area (Å²) in [7, 11) is 0. The van der Waals surface area contributed by atoms with E-state index in [0.717, 1.165) is 23.0 Å². The van der Waals surface area contributed by atoms with Gasteiger partial charge in [-0.3, -0.25) is 4.98 Å². The van der Waals surface area contributed by atoms with Gasteiger partial charge in [-0.05, 0) is 18.6 Å². The molecule has 1 aromatic heterocycles. The highest BCUT2D eigenvalue weighted by Crippen LogP contribution is 2.11. The second kappa shape index (κ2) is 2.94. The van der Waals surface area contributed by atoms with Gasteiger partial charge >= 0.3 is 0 Å². The maximum Gasteiger partial charge on any atom is 0.0705 e. The predicted octanol–water partition coefficient (Wildman–Crippen LogP) is 2.80. The first-order chi connectivity index (χ1) is 6.31. The Kier molecular flexibility index (Phi) is 1.51. The SMILES string of the molecule is [2H]c1cc(CC)nc2ccccc12. The summed E-state index contributed by atoms with van der Waals surface area (Å²) >= 11 is 0. The van der Waals surface area contributed by atoms with Crippen molar-refractivity contribution < 1.29 is 1.37 Å². The summed E-state index contributed by atoms with van der Waals surface area (Å²) in [5.74, 6) is 0. The van der Waals surface area contributed by atoms with Gasteiger partial charge in [0, 0.05) is 11.1 Å². The highest BCUT2D eigenvalue weighted by molar-refractivity contribution is 5.78. The Balaban J connectivity index is 2.77. The van der Waals surface area contributed by atoms with Crippen molar-refractivity contribution in [3.8, 4) is 0 Å². The summed E-state index contributed by atoms with van der Waals surface area (Å²) in [5, 5.41) is 0.930. The molecule has 0 amide bonds. The number of hydrogen-bond acceptors (Lipinski definition) is 1. The highest BCUT2D eigenvalue weighted by atomic mass is 14.7. The lowest BCUT2D eigenvalue weighted by Crippen LogP contribution is -1.86. The van der Waals surface area contributed by atoms with Gasteiger partial charge in [0.15, 0.2) is 0 Å². The van der Waals surface area contributed by atoms with E-state index in [0.29, 0.717) is 6.04 Å². The van der Waals surface area contributed by atoms with Crippen LogP contribution in [-0.2, 0) is 6.42 Å². The zero-order chi connectivity index (χ0) is 9.26. The highest BCUT2D eigenvalue weighted by Gasteiger charge is 1.93. The van der Waals surface area contributed by atoms with Crippen LogP contribution in [0.25, 0.3) is 10.9 Å². The van der Waals surface area contributed by atoms with Crippen LogP contribution >= 0.6 is 0 Å². The number of fused-ring (bicyclic) bond motifs is 1. The lowest BCUT2D eigenvalue weighted by molar-refractivity contribution is 1.06. The molecule has 1 nitrogen and oxygen atoms in total. The largest absolute Gasteiger partial charge is 0.253 e. The Morgan fingerprint density at radius 2 is 2.17 bits per heavy atom. The fourth-order valence-electron chi connectivity index (χ4n) is 1.22. The molecule has 0 aliphatic rings. The van der Waals surface area contributed by atoms with Crippen molar-refractivity contribution in [2.45, 2.75) is 13.3 Å². The molecule has 0 spiro atoms. The summed E-state index contributed by atoms with van der Waals surface area (Å²) in [5.41, 5.74) is 1.91. The van der Waals surface area contributed by atoms with Gasteiger partial charge in [0.25, 0.3) is 0 Å². The van der Waals surface area contributed by atoms with Gasteiger partial charge in [-0.15, -0.1) is 0 Å². The molecule has 1 aromatic carbocycles. The number of para-hydroxylation sites is 1. The quantitative estimate of drug-likeness (QED) is 0.622. The number of benzene rings is 1. The van der Waals surface area contributed by atoms with Crippen LogP contribution in [0.3, 0.4) is 0 Å². The normalized spacial score (nSPS) is 11.6. The van der Waals surface area contributed by atoms with Gasteiger partial charge in [-0.25, -0.2) is 0 Å². The number of pyridine rings is 1. The van der Waals surface area contributed by atoms with E-state index in [9.17, 15) is 0 Å². The third kappa shape index (κ3) is 1.18. The molecule has 60 valence electrons. The number of nitrogens with zero attached hydrogens (tertiary/aromatic N) is 1. The van der Waals surface area contributed by atoms with Crippen LogP contribution in [0.4, 0.5) is 0 Å². The van der Waals surface area contributed by atoms with E-state index in [-0.39, 0.29) is 0 Å². The van der Waals surface area contributed by atoms with Crippen molar-refractivity contribution >= 4 is 10.9 Å². The summed E-state index contributed by atoms with van der Waals surface area (Å²) in [4.78, 5) is 4.43. The Morgan fingerprint density at radius 3 is 3.00 bits per heavy atom. The van der Waals surface area contributed by atoms with Crippen molar-refractivity contribution in [1.82, 2.24) is 4.98 Å². The molecule has 0 N–H and O–H groups in total. The fraction of sp³-hybridized carbons (Fsp3) is 0.182. The molecule has 0 fully saturated rings. The summed E-state index contributed by atoms with van der Waals surface area (Å²) < 4.78 is 7.77. The van der Waals surface area contributed by atoms with Crippen molar-refractivity contribution in [2.24, 2.45) is 0 Å². The van der Waals surface area contributed by atoms with Crippen LogP contribution in [0.2, 0.25) is 0 Å². The molecule has 0 atom stereocenters. The first-order valence-corrected chi connectivity index (χ1v) is 4.16. The van der Waals surface area contributed by atoms with Crippen LogP contribution in [0.1, 0.15) is 14.0 Å². The molecular formula is C11H11N. The number of aryl methyl sites for hydroxylation is 1. The van der Waals surface area contributed by atoms with Gasteiger partial charge in [0.1, 0.15) is 0 Å².